The molecule has 2 amide bonds. The highest BCUT2D eigenvalue weighted by molar-refractivity contribution is 6.07. The van der Waals surface area contributed by atoms with E-state index >= 15 is 0 Å². The summed E-state index contributed by atoms with van der Waals surface area (Å²) in [6.07, 6.45) is 4.27. The van der Waals surface area contributed by atoms with Crippen molar-refractivity contribution in [3.8, 4) is 5.75 Å². The predicted molar refractivity (Wildman–Crippen MR) is 155 cm³/mol. The number of ether oxygens (including phenoxy) is 2. The van der Waals surface area contributed by atoms with Gasteiger partial charge < -0.3 is 41.5 Å². The van der Waals surface area contributed by atoms with Crippen molar-refractivity contribution in [1.29, 1.82) is 0 Å². The van der Waals surface area contributed by atoms with Gasteiger partial charge in [-0.1, -0.05) is 17.3 Å². The molecule has 2 heterocycles. The molecule has 0 aromatic heterocycles. The summed E-state index contributed by atoms with van der Waals surface area (Å²) in [6.45, 7) is 2.08. The number of allylic oxidation sites excluding steroid dienone is 2. The van der Waals surface area contributed by atoms with Crippen LogP contribution in [0.3, 0.4) is 0 Å². The number of amidine groups is 1. The van der Waals surface area contributed by atoms with Crippen LogP contribution in [0.5, 0.6) is 5.75 Å². The number of morpholine rings is 1. The summed E-state index contributed by atoms with van der Waals surface area (Å²) in [7, 11) is 1.34. The van der Waals surface area contributed by atoms with Gasteiger partial charge >= 0.3 is 6.03 Å². The molecule has 1 fully saturated rings. The van der Waals surface area contributed by atoms with E-state index < -0.39 is 29.9 Å². The first-order valence-electron chi connectivity index (χ1n) is 13.7. The molecule has 2 atom stereocenters. The third-order valence-corrected chi connectivity index (χ3v) is 7.02. The number of azide groups is 1. The molecular formula is C26H36F2N12O3. The fraction of sp³-hybridized carbons (Fsp3) is 0.462. The number of aliphatic imine (C=N–C) groups is 1. The molecule has 0 spiro atoms. The molecular weight excluding hydrogens is 566 g/mol. The predicted octanol–water partition coefficient (Wildman–Crippen LogP) is 0.896. The summed E-state index contributed by atoms with van der Waals surface area (Å²) in [4.78, 5) is 22.1. The number of benzene rings is 1. The maximum Gasteiger partial charge on any atom is 0.320 e. The molecule has 3 aliphatic rings. The normalized spacial score (nSPS) is 19.1. The van der Waals surface area contributed by atoms with Crippen LogP contribution >= 0.6 is 0 Å². The average molecular weight is 603 g/mol. The minimum atomic E-state index is -0.793. The van der Waals surface area contributed by atoms with Crippen LogP contribution in [0.15, 0.2) is 57.2 Å². The molecule has 1 aliphatic carbocycles. The van der Waals surface area contributed by atoms with Crippen molar-refractivity contribution in [3.63, 3.8) is 0 Å². The number of nitrogens with two attached hydrogens (primary N) is 2. The molecule has 1 aromatic carbocycles. The lowest BCUT2D eigenvalue weighted by Gasteiger charge is -2.38. The van der Waals surface area contributed by atoms with Gasteiger partial charge in [0, 0.05) is 61.0 Å². The average Bonchev–Trinajstić information content (AvgIpc) is 3.02. The standard InChI is InChI=1S/C26H36F2N12O3/c1-42-15-12-18(27)17(19(28)13-15)14-33-20-5-3-2-4-16(20)21(29)23-35-24(37-26(41)32-6-7-34-39-31)22(25(36-23)38-30)40-8-10-43-11-9-40/h2,4,12-13,21,23,33,36,38H,3,5-11,14,29-30H2,1H3,(H2,32,35,37,41). The van der Waals surface area contributed by atoms with Gasteiger partial charge in [-0.3, -0.25) is 5.32 Å². The molecule has 2 unspecified atom stereocenters. The van der Waals surface area contributed by atoms with E-state index in [4.69, 9.17) is 31.6 Å². The summed E-state index contributed by atoms with van der Waals surface area (Å²) in [5.41, 5.74) is 19.7. The number of carbonyl (C=O) groups is 1. The largest absolute Gasteiger partial charge is 0.497 e. The topological polar surface area (TPSA) is 212 Å². The molecule has 0 radical (unpaired) electrons. The van der Waals surface area contributed by atoms with Gasteiger partial charge in [-0.05, 0) is 23.9 Å². The van der Waals surface area contributed by atoms with E-state index in [1.165, 1.54) is 7.11 Å². The minimum absolute atomic E-state index is 0.0772. The number of urea groups is 1. The zero-order chi connectivity index (χ0) is 30.8. The number of halogens is 2. The highest BCUT2D eigenvalue weighted by Crippen LogP contribution is 2.26. The summed E-state index contributed by atoms with van der Waals surface area (Å²) in [5, 5.41) is 15.2. The fourth-order valence-electron chi connectivity index (χ4n) is 4.87. The first-order valence-corrected chi connectivity index (χ1v) is 13.7. The highest BCUT2D eigenvalue weighted by atomic mass is 19.1. The van der Waals surface area contributed by atoms with Crippen molar-refractivity contribution < 1.29 is 23.0 Å². The zero-order valence-electron chi connectivity index (χ0n) is 23.7. The summed E-state index contributed by atoms with van der Waals surface area (Å²) >= 11 is 0. The van der Waals surface area contributed by atoms with E-state index in [1.807, 2.05) is 17.1 Å². The van der Waals surface area contributed by atoms with Gasteiger partial charge in [-0.25, -0.2) is 24.4 Å². The quantitative estimate of drug-likeness (QED) is 0.0478. The molecule has 2 aliphatic heterocycles. The van der Waals surface area contributed by atoms with Gasteiger partial charge in [0.05, 0.1) is 26.4 Å². The Balaban J connectivity index is 1.59. The number of amides is 2. The van der Waals surface area contributed by atoms with Crippen molar-refractivity contribution in [2.24, 2.45) is 21.7 Å². The van der Waals surface area contributed by atoms with E-state index in [-0.39, 0.29) is 36.8 Å². The Labute approximate surface area is 247 Å². The van der Waals surface area contributed by atoms with Gasteiger partial charge in [0.15, 0.2) is 5.84 Å². The number of rotatable bonds is 11. The second-order valence-electron chi connectivity index (χ2n) is 9.69. The molecule has 0 saturated carbocycles. The Bertz CT molecular complexity index is 1330. The molecule has 43 heavy (non-hydrogen) atoms. The summed E-state index contributed by atoms with van der Waals surface area (Å²) in [5.74, 6) is 5.15. The van der Waals surface area contributed by atoms with Crippen LogP contribution < -0.4 is 43.0 Å². The van der Waals surface area contributed by atoms with E-state index in [0.29, 0.717) is 61.9 Å². The fourth-order valence-corrected chi connectivity index (χ4v) is 4.87. The third kappa shape index (κ3) is 7.84. The van der Waals surface area contributed by atoms with E-state index in [9.17, 15) is 13.6 Å². The number of methoxy groups -OCH3 is 1. The van der Waals surface area contributed by atoms with Crippen molar-refractivity contribution in [2.45, 2.75) is 31.6 Å². The first-order chi connectivity index (χ1) is 20.9. The summed E-state index contributed by atoms with van der Waals surface area (Å²) in [6, 6.07) is 0.933. The lowest BCUT2D eigenvalue weighted by Crippen LogP contribution is -2.57. The zero-order valence-corrected chi connectivity index (χ0v) is 23.7. The van der Waals surface area contributed by atoms with Crippen molar-refractivity contribution in [3.05, 3.63) is 74.7 Å². The number of carbonyl (C=O) groups excluding carboxylic acids is 1. The minimum Gasteiger partial charge on any atom is -0.497 e. The Morgan fingerprint density at radius 3 is 2.77 bits per heavy atom. The molecule has 0 bridgehead atoms. The Morgan fingerprint density at radius 1 is 1.35 bits per heavy atom. The van der Waals surface area contributed by atoms with Gasteiger partial charge in [0.25, 0.3) is 0 Å². The van der Waals surface area contributed by atoms with Crippen LogP contribution in [-0.4, -0.2) is 75.5 Å². The third-order valence-electron chi connectivity index (χ3n) is 7.02. The number of hydrazine groups is 1. The van der Waals surface area contributed by atoms with Crippen LogP contribution in [0.1, 0.15) is 18.4 Å². The number of hydrogen-bond donors (Lipinski definition) is 7. The van der Waals surface area contributed by atoms with Crippen LogP contribution in [0, 0.1) is 11.6 Å². The molecule has 1 saturated heterocycles. The van der Waals surface area contributed by atoms with Crippen molar-refractivity contribution >= 4 is 11.9 Å². The van der Waals surface area contributed by atoms with Gasteiger partial charge in [0.1, 0.15) is 35.1 Å². The Hall–Kier alpha value is -4.57. The van der Waals surface area contributed by atoms with Gasteiger partial charge in [-0.2, -0.15) is 0 Å². The van der Waals surface area contributed by atoms with E-state index in [2.05, 4.69) is 36.7 Å². The van der Waals surface area contributed by atoms with Crippen LogP contribution in [0.4, 0.5) is 13.6 Å². The van der Waals surface area contributed by atoms with Gasteiger partial charge in [0.2, 0.25) is 0 Å². The second-order valence-corrected chi connectivity index (χ2v) is 9.69. The first kappa shape index (κ1) is 31.4. The number of nitrogens with zero attached hydrogens (tertiary/aromatic N) is 5. The smallest absolute Gasteiger partial charge is 0.320 e. The SMILES string of the molecule is COc1cc(F)c(CNC2=C(C(N)C3N=C(NC(=O)NCCN=[N+]=[N-])C(N4CCOCC4)=C(NN)N3)C=CCC2)c(F)c1. The van der Waals surface area contributed by atoms with E-state index in [0.717, 1.165) is 12.1 Å². The second kappa shape index (κ2) is 15.1. The van der Waals surface area contributed by atoms with Crippen molar-refractivity contribution in [1.82, 2.24) is 31.6 Å². The molecule has 15 nitrogen and oxygen atoms in total. The van der Waals surface area contributed by atoms with Crippen LogP contribution in [-0.2, 0) is 11.3 Å². The lowest BCUT2D eigenvalue weighted by atomic mass is 9.95. The summed E-state index contributed by atoms with van der Waals surface area (Å²) < 4.78 is 39.6. The van der Waals surface area contributed by atoms with Crippen LogP contribution in [0.25, 0.3) is 10.4 Å². The van der Waals surface area contributed by atoms with Crippen LogP contribution in [0.2, 0.25) is 0 Å². The number of hydrogen-bond acceptors (Lipinski definition) is 11. The molecule has 9 N–H and O–H groups in total. The van der Waals surface area contributed by atoms with Gasteiger partial charge in [-0.15, -0.1) is 0 Å². The maximum absolute atomic E-state index is 14.6. The highest BCUT2D eigenvalue weighted by Gasteiger charge is 2.33. The lowest BCUT2D eigenvalue weighted by molar-refractivity contribution is 0.0550. The molecule has 1 aromatic rings. The maximum atomic E-state index is 14.6. The monoisotopic (exact) mass is 602 g/mol. The van der Waals surface area contributed by atoms with E-state index in [1.54, 1.807) is 0 Å². The number of nitrogens with one attached hydrogen (secondary N) is 5. The molecule has 232 valence electrons. The Morgan fingerprint density at radius 2 is 2.09 bits per heavy atom. The Kier molecular flexibility index (Phi) is 11.0. The van der Waals surface area contributed by atoms with Crippen molar-refractivity contribution in [2.75, 3.05) is 46.5 Å². The molecule has 4 rings (SSSR count). The molecule has 17 heteroatoms.